The number of anilines is 1. The summed E-state index contributed by atoms with van der Waals surface area (Å²) in [4.78, 5) is 25.9. The van der Waals surface area contributed by atoms with Crippen LogP contribution in [0.4, 0.5) is 5.69 Å². The van der Waals surface area contributed by atoms with E-state index in [1.165, 1.54) is 25.1 Å². The average molecular weight is 418 g/mol. The van der Waals surface area contributed by atoms with Crippen LogP contribution < -0.4 is 5.32 Å². The van der Waals surface area contributed by atoms with Crippen molar-refractivity contribution in [2.45, 2.75) is 25.7 Å². The summed E-state index contributed by atoms with van der Waals surface area (Å²) >= 11 is 0. The predicted molar refractivity (Wildman–Crippen MR) is 113 cm³/mol. The number of aryl methyl sites for hydroxylation is 3. The SMILES string of the molecule is Cc1ccc(NC(=O)CN(C)C(=O)CN(C)S(=O)(=O)c2ccc(C)c(C)c2)cc1. The van der Waals surface area contributed by atoms with E-state index in [1.54, 1.807) is 24.3 Å². The van der Waals surface area contributed by atoms with Gasteiger partial charge in [-0.1, -0.05) is 23.8 Å². The molecule has 0 aliphatic carbocycles. The van der Waals surface area contributed by atoms with Gasteiger partial charge in [0, 0.05) is 19.8 Å². The van der Waals surface area contributed by atoms with Crippen LogP contribution in [0.3, 0.4) is 0 Å². The minimum Gasteiger partial charge on any atom is -0.335 e. The predicted octanol–water partition coefficient (Wildman–Crippen LogP) is 2.33. The van der Waals surface area contributed by atoms with Gasteiger partial charge in [0.15, 0.2) is 0 Å². The van der Waals surface area contributed by atoms with Crippen molar-refractivity contribution >= 4 is 27.5 Å². The fourth-order valence-corrected chi connectivity index (χ4v) is 3.80. The number of sulfonamides is 1. The second-order valence-corrected chi connectivity index (χ2v) is 9.22. The lowest BCUT2D eigenvalue weighted by Gasteiger charge is -2.22. The number of amides is 2. The Balaban J connectivity index is 1.97. The summed E-state index contributed by atoms with van der Waals surface area (Å²) in [6.07, 6.45) is 0. The molecule has 0 aliphatic rings. The Morgan fingerprint density at radius 1 is 0.897 bits per heavy atom. The minimum absolute atomic E-state index is 0.135. The van der Waals surface area contributed by atoms with Gasteiger partial charge in [-0.15, -0.1) is 0 Å². The second-order valence-electron chi connectivity index (χ2n) is 7.17. The second kappa shape index (κ2) is 9.19. The molecule has 7 nitrogen and oxygen atoms in total. The van der Waals surface area contributed by atoms with Crippen LogP contribution >= 0.6 is 0 Å². The van der Waals surface area contributed by atoms with E-state index in [0.29, 0.717) is 5.69 Å². The summed E-state index contributed by atoms with van der Waals surface area (Å²) in [5, 5.41) is 2.71. The molecule has 2 rings (SSSR count). The lowest BCUT2D eigenvalue weighted by molar-refractivity contribution is -0.133. The van der Waals surface area contributed by atoms with Gasteiger partial charge in [-0.2, -0.15) is 4.31 Å². The molecule has 2 amide bonds. The number of carbonyl (C=O) groups excluding carboxylic acids is 2. The summed E-state index contributed by atoms with van der Waals surface area (Å²) in [5.74, 6) is -0.830. The zero-order valence-corrected chi connectivity index (χ0v) is 18.2. The molecule has 156 valence electrons. The molecule has 0 fully saturated rings. The number of rotatable bonds is 7. The molecule has 0 saturated carbocycles. The monoisotopic (exact) mass is 417 g/mol. The van der Waals surface area contributed by atoms with Crippen LogP contribution in [-0.2, 0) is 19.6 Å². The first-order chi connectivity index (χ1) is 13.5. The Hall–Kier alpha value is -2.71. The van der Waals surface area contributed by atoms with Crippen molar-refractivity contribution in [2.75, 3.05) is 32.5 Å². The molecule has 0 unspecified atom stereocenters. The van der Waals surface area contributed by atoms with Crippen molar-refractivity contribution in [2.24, 2.45) is 0 Å². The lowest BCUT2D eigenvalue weighted by atomic mass is 10.1. The summed E-state index contributed by atoms with van der Waals surface area (Å²) in [7, 11) is -0.987. The topological polar surface area (TPSA) is 86.8 Å². The number of likely N-dealkylation sites (N-methyl/N-ethyl adjacent to an activating group) is 2. The van der Waals surface area contributed by atoms with E-state index in [-0.39, 0.29) is 23.9 Å². The number of benzene rings is 2. The van der Waals surface area contributed by atoms with Crippen LogP contribution in [-0.4, -0.2) is 56.6 Å². The van der Waals surface area contributed by atoms with Crippen molar-refractivity contribution in [3.05, 3.63) is 59.2 Å². The third-order valence-corrected chi connectivity index (χ3v) is 6.49. The summed E-state index contributed by atoms with van der Waals surface area (Å²) in [6, 6.07) is 12.1. The van der Waals surface area contributed by atoms with E-state index in [4.69, 9.17) is 0 Å². The van der Waals surface area contributed by atoms with Gasteiger partial charge in [0.05, 0.1) is 18.0 Å². The van der Waals surface area contributed by atoms with Gasteiger partial charge < -0.3 is 10.2 Å². The first kappa shape index (κ1) is 22.6. The highest BCUT2D eigenvalue weighted by Crippen LogP contribution is 2.18. The van der Waals surface area contributed by atoms with Crippen molar-refractivity contribution in [1.29, 1.82) is 0 Å². The highest BCUT2D eigenvalue weighted by molar-refractivity contribution is 7.89. The summed E-state index contributed by atoms with van der Waals surface area (Å²) in [5.41, 5.74) is 3.55. The third kappa shape index (κ3) is 5.88. The van der Waals surface area contributed by atoms with Gasteiger partial charge in [-0.05, 0) is 56.2 Å². The van der Waals surface area contributed by atoms with Crippen molar-refractivity contribution < 1.29 is 18.0 Å². The minimum atomic E-state index is -3.80. The van der Waals surface area contributed by atoms with E-state index < -0.39 is 15.9 Å². The van der Waals surface area contributed by atoms with Crippen LogP contribution in [0.1, 0.15) is 16.7 Å². The molecule has 0 radical (unpaired) electrons. The van der Waals surface area contributed by atoms with Crippen LogP contribution in [0.15, 0.2) is 47.4 Å². The maximum atomic E-state index is 12.7. The largest absolute Gasteiger partial charge is 0.335 e. The van der Waals surface area contributed by atoms with E-state index in [0.717, 1.165) is 21.0 Å². The molecule has 0 spiro atoms. The molecular formula is C21H27N3O4S. The first-order valence-corrected chi connectivity index (χ1v) is 10.6. The van der Waals surface area contributed by atoms with Gasteiger partial charge in [-0.25, -0.2) is 8.42 Å². The molecule has 0 bridgehead atoms. The molecule has 0 atom stereocenters. The summed E-state index contributed by atoms with van der Waals surface area (Å²) < 4.78 is 26.4. The fourth-order valence-electron chi connectivity index (χ4n) is 2.59. The van der Waals surface area contributed by atoms with Crippen molar-refractivity contribution in [3.8, 4) is 0 Å². The quantitative estimate of drug-likeness (QED) is 0.749. The van der Waals surface area contributed by atoms with E-state index in [9.17, 15) is 18.0 Å². The molecule has 0 aromatic heterocycles. The third-order valence-electron chi connectivity index (χ3n) is 4.69. The maximum absolute atomic E-state index is 12.7. The molecule has 2 aromatic carbocycles. The first-order valence-electron chi connectivity index (χ1n) is 9.15. The highest BCUT2D eigenvalue weighted by atomic mass is 32.2. The molecule has 2 aromatic rings. The number of hydrogen-bond acceptors (Lipinski definition) is 4. The van der Waals surface area contributed by atoms with Crippen molar-refractivity contribution in [1.82, 2.24) is 9.21 Å². The molecule has 0 saturated heterocycles. The molecule has 29 heavy (non-hydrogen) atoms. The average Bonchev–Trinajstić information content (AvgIpc) is 2.65. The molecular weight excluding hydrogens is 390 g/mol. The van der Waals surface area contributed by atoms with Gasteiger partial charge >= 0.3 is 0 Å². The Labute approximate surface area is 172 Å². The zero-order valence-electron chi connectivity index (χ0n) is 17.4. The highest BCUT2D eigenvalue weighted by Gasteiger charge is 2.25. The Morgan fingerprint density at radius 3 is 2.10 bits per heavy atom. The Kier molecular flexibility index (Phi) is 7.16. The smallest absolute Gasteiger partial charge is 0.243 e. The molecule has 1 N–H and O–H groups in total. The lowest BCUT2D eigenvalue weighted by Crippen LogP contribution is -2.42. The number of nitrogens with one attached hydrogen (secondary N) is 1. The number of nitrogens with zero attached hydrogens (tertiary/aromatic N) is 2. The molecule has 0 heterocycles. The number of carbonyl (C=O) groups is 2. The van der Waals surface area contributed by atoms with Crippen LogP contribution in [0, 0.1) is 20.8 Å². The zero-order chi connectivity index (χ0) is 21.8. The van der Waals surface area contributed by atoms with E-state index in [2.05, 4.69) is 5.32 Å². The molecule has 0 aliphatic heterocycles. The summed E-state index contributed by atoms with van der Waals surface area (Å²) in [6.45, 7) is 5.14. The van der Waals surface area contributed by atoms with Gasteiger partial charge in [-0.3, -0.25) is 9.59 Å². The van der Waals surface area contributed by atoms with Crippen LogP contribution in [0.2, 0.25) is 0 Å². The van der Waals surface area contributed by atoms with Crippen LogP contribution in [0.25, 0.3) is 0 Å². The van der Waals surface area contributed by atoms with Gasteiger partial charge in [0.1, 0.15) is 0 Å². The van der Waals surface area contributed by atoms with Crippen LogP contribution in [0.5, 0.6) is 0 Å². The van der Waals surface area contributed by atoms with Gasteiger partial charge in [0.25, 0.3) is 0 Å². The normalized spacial score (nSPS) is 11.4. The molecule has 8 heteroatoms. The van der Waals surface area contributed by atoms with Crippen molar-refractivity contribution in [3.63, 3.8) is 0 Å². The number of hydrogen-bond donors (Lipinski definition) is 1. The Bertz CT molecular complexity index is 1000. The van der Waals surface area contributed by atoms with Gasteiger partial charge in [0.2, 0.25) is 21.8 Å². The van der Waals surface area contributed by atoms with E-state index in [1.807, 2.05) is 32.9 Å². The Morgan fingerprint density at radius 2 is 1.52 bits per heavy atom. The fraction of sp³-hybridized carbons (Fsp3) is 0.333. The maximum Gasteiger partial charge on any atom is 0.243 e. The standard InChI is InChI=1S/C21H27N3O4S/c1-15-6-9-18(10-7-15)22-20(25)13-23(4)21(26)14-24(5)29(27,28)19-11-8-16(2)17(3)12-19/h6-12H,13-14H2,1-5H3,(H,22,25). The van der Waals surface area contributed by atoms with E-state index >= 15 is 0 Å².